The zero-order valence-corrected chi connectivity index (χ0v) is 21.1. The topological polar surface area (TPSA) is 53.9 Å². The molecule has 3 aromatic rings. The molecule has 5 nitrogen and oxygen atoms in total. The Hall–Kier alpha value is -2.67. The van der Waals surface area contributed by atoms with E-state index in [1.54, 1.807) is 6.21 Å². The van der Waals surface area contributed by atoms with Crippen LogP contribution in [0.15, 0.2) is 82.4 Å². The van der Waals surface area contributed by atoms with E-state index in [9.17, 15) is 4.79 Å². The normalized spacial score (nSPS) is 14.9. The molecule has 0 bridgehead atoms. The van der Waals surface area contributed by atoms with Gasteiger partial charge in [0.1, 0.15) is 12.4 Å². The average Bonchev–Trinajstić information content (AvgIpc) is 2.86. The van der Waals surface area contributed by atoms with Gasteiger partial charge in [0.05, 0.1) is 6.21 Å². The number of rotatable bonds is 8. The Morgan fingerprint density at radius 3 is 2.44 bits per heavy atom. The molecule has 1 fully saturated rings. The van der Waals surface area contributed by atoms with Crippen LogP contribution in [0.5, 0.6) is 5.75 Å². The van der Waals surface area contributed by atoms with E-state index in [1.807, 2.05) is 60.7 Å². The van der Waals surface area contributed by atoms with Crippen molar-refractivity contribution >= 4 is 39.7 Å². The summed E-state index contributed by atoms with van der Waals surface area (Å²) in [4.78, 5) is 15.0. The van der Waals surface area contributed by atoms with Gasteiger partial charge in [0.15, 0.2) is 0 Å². The number of ether oxygens (including phenoxy) is 1. The van der Waals surface area contributed by atoms with Crippen LogP contribution >= 0.6 is 27.5 Å². The first kappa shape index (κ1) is 24.5. The molecule has 0 radical (unpaired) electrons. The molecule has 3 aromatic carbocycles. The lowest BCUT2D eigenvalue weighted by Gasteiger charge is -2.30. The maximum atomic E-state index is 12.6. The van der Waals surface area contributed by atoms with Gasteiger partial charge in [0.25, 0.3) is 0 Å². The molecule has 34 heavy (non-hydrogen) atoms. The summed E-state index contributed by atoms with van der Waals surface area (Å²) in [6.07, 6.45) is 3.29. The van der Waals surface area contributed by atoms with Gasteiger partial charge in [-0.15, -0.1) is 0 Å². The lowest BCUT2D eigenvalue weighted by atomic mass is 9.96. The van der Waals surface area contributed by atoms with Crippen LogP contribution in [-0.4, -0.2) is 30.1 Å². The first-order valence-corrected chi connectivity index (χ1v) is 12.5. The van der Waals surface area contributed by atoms with Gasteiger partial charge in [-0.3, -0.25) is 9.69 Å². The van der Waals surface area contributed by atoms with E-state index in [0.717, 1.165) is 58.8 Å². The van der Waals surface area contributed by atoms with Crippen molar-refractivity contribution in [3.05, 3.63) is 99.0 Å². The number of piperidine rings is 1. The highest BCUT2D eigenvalue weighted by Crippen LogP contribution is 2.21. The maximum absolute atomic E-state index is 12.6. The lowest BCUT2D eigenvalue weighted by Crippen LogP contribution is -2.39. The molecule has 0 spiro atoms. The monoisotopic (exact) mass is 539 g/mol. The number of halogens is 2. The number of amides is 1. The number of nitrogens with zero attached hydrogens (tertiary/aromatic N) is 2. The van der Waals surface area contributed by atoms with Crippen LogP contribution in [0.2, 0.25) is 5.02 Å². The predicted molar refractivity (Wildman–Crippen MR) is 140 cm³/mol. The van der Waals surface area contributed by atoms with Crippen LogP contribution in [0, 0.1) is 5.92 Å². The molecule has 1 saturated heterocycles. The standard InChI is InChI=1S/C27H27BrClN3O2/c28-24-9-5-21(6-10-24)19-34-26-4-2-1-3-23(26)17-30-31-27(33)22-13-15-32(16-14-22)18-20-7-11-25(29)12-8-20/h1-12,17,22H,13-16,18-19H2,(H,31,33). The molecule has 1 aliphatic rings. The summed E-state index contributed by atoms with van der Waals surface area (Å²) in [5, 5.41) is 4.95. The number of carbonyl (C=O) groups excluding carboxylic acids is 1. The number of carbonyl (C=O) groups is 1. The molecule has 4 rings (SSSR count). The molecule has 1 aliphatic heterocycles. The minimum Gasteiger partial charge on any atom is -0.488 e. The van der Waals surface area contributed by atoms with E-state index in [4.69, 9.17) is 16.3 Å². The van der Waals surface area contributed by atoms with Gasteiger partial charge < -0.3 is 4.74 Å². The molecule has 176 valence electrons. The van der Waals surface area contributed by atoms with Gasteiger partial charge in [-0.25, -0.2) is 5.43 Å². The summed E-state index contributed by atoms with van der Waals surface area (Å²) >= 11 is 9.41. The van der Waals surface area contributed by atoms with Crippen molar-refractivity contribution in [3.8, 4) is 5.75 Å². The maximum Gasteiger partial charge on any atom is 0.243 e. The molecule has 0 saturated carbocycles. The second-order valence-corrected chi connectivity index (χ2v) is 9.72. The Balaban J connectivity index is 1.25. The number of likely N-dealkylation sites (tertiary alicyclic amines) is 1. The van der Waals surface area contributed by atoms with Crippen molar-refractivity contribution in [2.45, 2.75) is 26.0 Å². The van der Waals surface area contributed by atoms with Crippen molar-refractivity contribution in [1.82, 2.24) is 10.3 Å². The third kappa shape index (κ3) is 7.16. The van der Waals surface area contributed by atoms with E-state index in [-0.39, 0.29) is 11.8 Å². The van der Waals surface area contributed by atoms with Crippen molar-refractivity contribution in [3.63, 3.8) is 0 Å². The Kier molecular flexibility index (Phi) is 8.74. The van der Waals surface area contributed by atoms with Crippen LogP contribution < -0.4 is 10.2 Å². The largest absolute Gasteiger partial charge is 0.488 e. The third-order valence-corrected chi connectivity index (χ3v) is 6.66. The van der Waals surface area contributed by atoms with Gasteiger partial charge in [-0.05, 0) is 73.5 Å². The van der Waals surface area contributed by atoms with Crippen LogP contribution in [0.1, 0.15) is 29.5 Å². The molecule has 0 aromatic heterocycles. The Labute approximate surface area is 213 Å². The first-order valence-electron chi connectivity index (χ1n) is 11.3. The van der Waals surface area contributed by atoms with Crippen molar-refractivity contribution < 1.29 is 9.53 Å². The van der Waals surface area contributed by atoms with Crippen LogP contribution in [0.4, 0.5) is 0 Å². The molecule has 0 atom stereocenters. The van der Waals surface area contributed by atoms with Gasteiger partial charge in [-0.1, -0.05) is 63.9 Å². The molecule has 1 amide bonds. The Morgan fingerprint density at radius 2 is 1.71 bits per heavy atom. The molecular weight excluding hydrogens is 514 g/mol. The second kappa shape index (κ2) is 12.2. The molecule has 0 unspecified atom stereocenters. The predicted octanol–water partition coefficient (Wildman–Crippen LogP) is 6.04. The summed E-state index contributed by atoms with van der Waals surface area (Å²) in [6.45, 7) is 3.11. The highest BCUT2D eigenvalue weighted by atomic mass is 79.9. The van der Waals surface area contributed by atoms with E-state index in [2.05, 4.69) is 43.5 Å². The molecular formula is C27H27BrClN3O2. The summed E-state index contributed by atoms with van der Waals surface area (Å²) < 4.78 is 7.01. The zero-order chi connectivity index (χ0) is 23.8. The van der Waals surface area contributed by atoms with E-state index < -0.39 is 0 Å². The molecule has 1 heterocycles. The van der Waals surface area contributed by atoms with Crippen LogP contribution in [-0.2, 0) is 17.9 Å². The average molecular weight is 541 g/mol. The fourth-order valence-electron chi connectivity index (χ4n) is 3.92. The quantitative estimate of drug-likeness (QED) is 0.280. The number of nitrogens with one attached hydrogen (secondary N) is 1. The van der Waals surface area contributed by atoms with E-state index in [1.165, 1.54) is 5.56 Å². The van der Waals surface area contributed by atoms with Gasteiger partial charge in [0.2, 0.25) is 5.91 Å². The van der Waals surface area contributed by atoms with E-state index >= 15 is 0 Å². The highest BCUT2D eigenvalue weighted by Gasteiger charge is 2.24. The van der Waals surface area contributed by atoms with E-state index in [0.29, 0.717) is 6.61 Å². The van der Waals surface area contributed by atoms with Gasteiger partial charge in [-0.2, -0.15) is 5.10 Å². The van der Waals surface area contributed by atoms with Gasteiger partial charge in [0, 0.05) is 27.5 Å². The van der Waals surface area contributed by atoms with Crippen LogP contribution in [0.25, 0.3) is 0 Å². The minimum absolute atomic E-state index is 0.0254. The molecule has 7 heteroatoms. The summed E-state index contributed by atoms with van der Waals surface area (Å²) in [7, 11) is 0. The lowest BCUT2D eigenvalue weighted by molar-refractivity contribution is -0.126. The van der Waals surface area contributed by atoms with Gasteiger partial charge >= 0.3 is 0 Å². The number of benzene rings is 3. The second-order valence-electron chi connectivity index (χ2n) is 8.36. The smallest absolute Gasteiger partial charge is 0.243 e. The summed E-state index contributed by atoms with van der Waals surface area (Å²) in [6, 6.07) is 23.6. The Morgan fingerprint density at radius 1 is 1.03 bits per heavy atom. The fraction of sp³-hybridized carbons (Fsp3) is 0.259. The van der Waals surface area contributed by atoms with Crippen molar-refractivity contribution in [2.24, 2.45) is 11.0 Å². The first-order chi connectivity index (χ1) is 16.6. The number of hydrazone groups is 1. The Bertz CT molecular complexity index is 1110. The van der Waals surface area contributed by atoms with Crippen molar-refractivity contribution in [1.29, 1.82) is 0 Å². The number of para-hydroxylation sites is 1. The summed E-state index contributed by atoms with van der Waals surface area (Å²) in [5.74, 6) is 0.664. The summed E-state index contributed by atoms with van der Waals surface area (Å²) in [5.41, 5.74) is 5.84. The SMILES string of the molecule is O=C(NN=Cc1ccccc1OCc1ccc(Br)cc1)C1CCN(Cc2ccc(Cl)cc2)CC1. The number of hydrogen-bond donors (Lipinski definition) is 1. The van der Waals surface area contributed by atoms with Crippen molar-refractivity contribution in [2.75, 3.05) is 13.1 Å². The molecule has 1 N–H and O–H groups in total. The van der Waals surface area contributed by atoms with Crippen LogP contribution in [0.3, 0.4) is 0 Å². The fourth-order valence-corrected chi connectivity index (χ4v) is 4.31. The minimum atomic E-state index is -0.0318. The number of hydrogen-bond acceptors (Lipinski definition) is 4. The third-order valence-electron chi connectivity index (χ3n) is 5.88. The highest BCUT2D eigenvalue weighted by molar-refractivity contribution is 9.10. The zero-order valence-electron chi connectivity index (χ0n) is 18.8. The molecule has 0 aliphatic carbocycles.